The number of nitro groups is 1. The molecule has 0 spiro atoms. The molecule has 0 radical (unpaired) electrons. The molecule has 1 fully saturated rings. The number of aryl methyl sites for hydroxylation is 1. The molecule has 3 aromatic carbocycles. The summed E-state index contributed by atoms with van der Waals surface area (Å²) in [5.74, 6) is -2.19. The molecular weight excluding hydrogens is 494 g/mol. The van der Waals surface area contributed by atoms with E-state index in [9.17, 15) is 29.3 Å². The smallest absolute Gasteiger partial charge is 0.343 e. The summed E-state index contributed by atoms with van der Waals surface area (Å²) in [6.07, 6.45) is 1.30. The lowest BCUT2D eigenvalue weighted by Gasteiger charge is -2.26. The molecule has 11 heteroatoms. The summed E-state index contributed by atoms with van der Waals surface area (Å²) in [5.41, 5.74) is 1.26. The van der Waals surface area contributed by atoms with Gasteiger partial charge in [0.25, 0.3) is 17.5 Å². The molecule has 1 aliphatic heterocycles. The monoisotopic (exact) mass is 515 g/mol. The maximum atomic E-state index is 13.1. The van der Waals surface area contributed by atoms with Crippen molar-refractivity contribution in [1.82, 2.24) is 5.32 Å². The highest BCUT2D eigenvalue weighted by molar-refractivity contribution is 6.39. The van der Waals surface area contributed by atoms with Crippen LogP contribution in [0.4, 0.5) is 16.2 Å². The third kappa shape index (κ3) is 5.41. The van der Waals surface area contributed by atoms with Crippen molar-refractivity contribution in [2.45, 2.75) is 13.8 Å². The summed E-state index contributed by atoms with van der Waals surface area (Å²) in [7, 11) is 0. The predicted molar refractivity (Wildman–Crippen MR) is 136 cm³/mol. The molecule has 0 unspecified atom stereocenters. The minimum atomic E-state index is -0.857. The molecule has 4 amide bonds. The second kappa shape index (κ2) is 10.7. The largest absolute Gasteiger partial charge is 0.490 e. The Morgan fingerprint density at radius 1 is 1.00 bits per heavy atom. The van der Waals surface area contributed by atoms with Gasteiger partial charge in [0.15, 0.2) is 11.5 Å². The number of benzene rings is 3. The zero-order valence-corrected chi connectivity index (χ0v) is 20.3. The zero-order valence-electron chi connectivity index (χ0n) is 20.3. The number of ether oxygens (including phenoxy) is 2. The van der Waals surface area contributed by atoms with Crippen molar-refractivity contribution >= 4 is 41.3 Å². The fraction of sp³-hybridized carbons (Fsp3) is 0.111. The number of nitrogens with zero attached hydrogens (tertiary/aromatic N) is 2. The van der Waals surface area contributed by atoms with Crippen LogP contribution in [0.15, 0.2) is 72.3 Å². The van der Waals surface area contributed by atoms with E-state index in [1.807, 2.05) is 6.92 Å². The first-order chi connectivity index (χ1) is 18.2. The molecule has 4 rings (SSSR count). The van der Waals surface area contributed by atoms with Crippen LogP contribution in [0.2, 0.25) is 0 Å². The van der Waals surface area contributed by atoms with E-state index in [2.05, 4.69) is 5.32 Å². The zero-order chi connectivity index (χ0) is 27.4. The number of nitro benzene ring substituents is 1. The van der Waals surface area contributed by atoms with Gasteiger partial charge in [-0.2, -0.15) is 0 Å². The number of hydrogen-bond acceptors (Lipinski definition) is 8. The highest BCUT2D eigenvalue weighted by Gasteiger charge is 2.36. The second-order valence-corrected chi connectivity index (χ2v) is 8.13. The Hall–Kier alpha value is -5.32. The number of urea groups is 1. The number of imide groups is 2. The number of amides is 4. The van der Waals surface area contributed by atoms with Gasteiger partial charge in [0.1, 0.15) is 5.57 Å². The Morgan fingerprint density at radius 3 is 2.32 bits per heavy atom. The molecule has 0 atom stereocenters. The Morgan fingerprint density at radius 2 is 1.68 bits per heavy atom. The maximum absolute atomic E-state index is 13.1. The Bertz CT molecular complexity index is 1480. The molecule has 38 heavy (non-hydrogen) atoms. The number of barbiturate groups is 1. The summed E-state index contributed by atoms with van der Waals surface area (Å²) in [6.45, 7) is 3.80. The van der Waals surface area contributed by atoms with Gasteiger partial charge in [-0.15, -0.1) is 0 Å². The molecule has 1 N–H and O–H groups in total. The number of anilines is 1. The number of non-ortho nitro benzene ring substituents is 1. The van der Waals surface area contributed by atoms with Crippen LogP contribution >= 0.6 is 0 Å². The molecule has 192 valence electrons. The summed E-state index contributed by atoms with van der Waals surface area (Å²) < 4.78 is 11.0. The molecule has 0 bridgehead atoms. The quantitative estimate of drug-likeness (QED) is 0.123. The molecular formula is C27H21N3O8. The van der Waals surface area contributed by atoms with E-state index in [1.165, 1.54) is 48.5 Å². The third-order valence-electron chi connectivity index (χ3n) is 5.49. The van der Waals surface area contributed by atoms with Crippen LogP contribution in [0.25, 0.3) is 6.08 Å². The molecule has 0 saturated carbocycles. The van der Waals surface area contributed by atoms with E-state index >= 15 is 0 Å². The number of esters is 1. The van der Waals surface area contributed by atoms with E-state index in [0.29, 0.717) is 11.3 Å². The molecule has 1 heterocycles. The maximum Gasteiger partial charge on any atom is 0.343 e. The van der Waals surface area contributed by atoms with Crippen LogP contribution in [-0.2, 0) is 9.59 Å². The minimum Gasteiger partial charge on any atom is -0.490 e. The van der Waals surface area contributed by atoms with Gasteiger partial charge >= 0.3 is 12.0 Å². The number of carbonyl (C=O) groups is 4. The van der Waals surface area contributed by atoms with Gasteiger partial charge < -0.3 is 9.47 Å². The minimum absolute atomic E-state index is 0.0632. The fourth-order valence-corrected chi connectivity index (χ4v) is 3.60. The van der Waals surface area contributed by atoms with E-state index in [0.717, 1.165) is 10.5 Å². The van der Waals surface area contributed by atoms with Gasteiger partial charge in [-0.05, 0) is 61.9 Å². The first-order valence-corrected chi connectivity index (χ1v) is 11.4. The van der Waals surface area contributed by atoms with Crippen molar-refractivity contribution < 1.29 is 33.6 Å². The molecule has 1 saturated heterocycles. The number of hydrogen-bond donors (Lipinski definition) is 1. The molecule has 3 aromatic rings. The van der Waals surface area contributed by atoms with Crippen LogP contribution in [0.1, 0.15) is 28.4 Å². The average Bonchev–Trinajstić information content (AvgIpc) is 2.89. The molecule has 11 nitrogen and oxygen atoms in total. The van der Waals surface area contributed by atoms with Gasteiger partial charge in [-0.1, -0.05) is 23.8 Å². The van der Waals surface area contributed by atoms with E-state index in [-0.39, 0.29) is 34.9 Å². The lowest BCUT2D eigenvalue weighted by molar-refractivity contribution is -0.384. The van der Waals surface area contributed by atoms with Crippen molar-refractivity contribution in [2.24, 2.45) is 0 Å². The van der Waals surface area contributed by atoms with Crippen molar-refractivity contribution in [3.63, 3.8) is 0 Å². The summed E-state index contributed by atoms with van der Waals surface area (Å²) in [5, 5.41) is 13.0. The molecule has 1 aliphatic rings. The number of carbonyl (C=O) groups excluding carboxylic acids is 4. The van der Waals surface area contributed by atoms with E-state index in [4.69, 9.17) is 9.47 Å². The van der Waals surface area contributed by atoms with Gasteiger partial charge in [0.2, 0.25) is 0 Å². The standard InChI is InChI=1S/C27H21N3O8/c1-3-37-23-15-17(6-13-22(23)38-26(33)18-7-11-20(12-8-18)30(35)36)14-21-24(31)28-27(34)29(25(21)32)19-9-4-16(2)5-10-19/h4-15H,3H2,1-2H3,(H,28,31,34)/b21-14+. The van der Waals surface area contributed by atoms with E-state index in [1.54, 1.807) is 31.2 Å². The van der Waals surface area contributed by atoms with Gasteiger partial charge in [0, 0.05) is 12.1 Å². The van der Waals surface area contributed by atoms with Crippen LogP contribution in [0, 0.1) is 17.0 Å². The molecule has 0 aromatic heterocycles. The predicted octanol–water partition coefficient (Wildman–Crippen LogP) is 4.19. The lowest BCUT2D eigenvalue weighted by Crippen LogP contribution is -2.54. The van der Waals surface area contributed by atoms with Crippen molar-refractivity contribution in [2.75, 3.05) is 11.5 Å². The lowest BCUT2D eigenvalue weighted by atomic mass is 10.1. The highest BCUT2D eigenvalue weighted by Crippen LogP contribution is 2.31. The number of nitrogens with one attached hydrogen (secondary N) is 1. The van der Waals surface area contributed by atoms with Crippen LogP contribution in [0.5, 0.6) is 11.5 Å². The van der Waals surface area contributed by atoms with Crippen molar-refractivity contribution in [3.8, 4) is 11.5 Å². The third-order valence-corrected chi connectivity index (χ3v) is 5.49. The second-order valence-electron chi connectivity index (χ2n) is 8.13. The van der Waals surface area contributed by atoms with Gasteiger partial charge in [0.05, 0.1) is 22.8 Å². The normalized spacial score (nSPS) is 14.3. The van der Waals surface area contributed by atoms with Crippen LogP contribution in [-0.4, -0.2) is 35.3 Å². The van der Waals surface area contributed by atoms with Crippen molar-refractivity contribution in [1.29, 1.82) is 0 Å². The number of rotatable bonds is 7. The fourth-order valence-electron chi connectivity index (χ4n) is 3.60. The van der Waals surface area contributed by atoms with Crippen LogP contribution in [0.3, 0.4) is 0 Å². The van der Waals surface area contributed by atoms with Crippen molar-refractivity contribution in [3.05, 3.63) is 99.1 Å². The Balaban J connectivity index is 1.61. The first-order valence-electron chi connectivity index (χ1n) is 11.4. The average molecular weight is 515 g/mol. The topological polar surface area (TPSA) is 145 Å². The Kier molecular flexibility index (Phi) is 7.28. The summed E-state index contributed by atoms with van der Waals surface area (Å²) >= 11 is 0. The SMILES string of the molecule is CCOc1cc(/C=C2\C(=O)NC(=O)N(c3ccc(C)cc3)C2=O)ccc1OC(=O)c1ccc([N+](=O)[O-])cc1. The van der Waals surface area contributed by atoms with Gasteiger partial charge in [-0.3, -0.25) is 25.0 Å². The summed E-state index contributed by atoms with van der Waals surface area (Å²) in [6, 6.07) is 15.1. The molecule has 0 aliphatic carbocycles. The first kappa shape index (κ1) is 25.8. The highest BCUT2D eigenvalue weighted by atomic mass is 16.6. The van der Waals surface area contributed by atoms with Gasteiger partial charge in [-0.25, -0.2) is 14.5 Å². The Labute approximate surface area is 216 Å². The van der Waals surface area contributed by atoms with E-state index < -0.39 is 28.7 Å². The van der Waals surface area contributed by atoms with Crippen LogP contribution < -0.4 is 19.7 Å². The summed E-state index contributed by atoms with van der Waals surface area (Å²) in [4.78, 5) is 61.7.